The number of carbonyl (C=O) groups excluding carboxylic acids is 1. The highest BCUT2D eigenvalue weighted by Gasteiger charge is 2.29. The van der Waals surface area contributed by atoms with Crippen molar-refractivity contribution in [3.8, 4) is 0 Å². The number of sulfonamides is 1. The summed E-state index contributed by atoms with van der Waals surface area (Å²) in [6.45, 7) is 4.47. The van der Waals surface area contributed by atoms with Crippen LogP contribution in [0.2, 0.25) is 0 Å². The van der Waals surface area contributed by atoms with Gasteiger partial charge in [0.05, 0.1) is 17.1 Å². The van der Waals surface area contributed by atoms with Crippen molar-refractivity contribution < 1.29 is 13.2 Å². The fourth-order valence-electron chi connectivity index (χ4n) is 3.00. The van der Waals surface area contributed by atoms with Crippen molar-refractivity contribution in [2.45, 2.75) is 26.7 Å². The van der Waals surface area contributed by atoms with E-state index in [9.17, 15) is 13.2 Å². The second kappa shape index (κ2) is 5.85. The molecule has 1 aliphatic heterocycles. The van der Waals surface area contributed by atoms with Gasteiger partial charge in [0, 0.05) is 22.9 Å². The molecule has 1 aliphatic rings. The van der Waals surface area contributed by atoms with Crippen LogP contribution in [0.3, 0.4) is 0 Å². The lowest BCUT2D eigenvalue weighted by Crippen LogP contribution is -2.25. The Kier molecular flexibility index (Phi) is 4.02. The summed E-state index contributed by atoms with van der Waals surface area (Å²) < 4.78 is 27.0. The predicted octanol–water partition coefficient (Wildman–Crippen LogP) is 3.36. The number of nitrogens with one attached hydrogen (secondary N) is 1. The maximum absolute atomic E-state index is 12.4. The zero-order valence-corrected chi connectivity index (χ0v) is 14.1. The van der Waals surface area contributed by atoms with E-state index in [2.05, 4.69) is 4.72 Å². The van der Waals surface area contributed by atoms with Crippen LogP contribution in [0, 0.1) is 0 Å². The van der Waals surface area contributed by atoms with Crippen molar-refractivity contribution in [1.82, 2.24) is 0 Å². The second-order valence-electron chi connectivity index (χ2n) is 5.68. The fourth-order valence-corrected chi connectivity index (χ4v) is 4.29. The van der Waals surface area contributed by atoms with Crippen molar-refractivity contribution in [3.05, 3.63) is 35.9 Å². The highest BCUT2D eigenvalue weighted by Crippen LogP contribution is 2.40. The number of hydrogen-bond acceptors (Lipinski definition) is 3. The minimum Gasteiger partial charge on any atom is -0.308 e. The largest absolute Gasteiger partial charge is 0.308 e. The highest BCUT2D eigenvalue weighted by atomic mass is 32.2. The van der Waals surface area contributed by atoms with Gasteiger partial charge in [0.25, 0.3) is 5.91 Å². The van der Waals surface area contributed by atoms with E-state index in [1.165, 1.54) is 0 Å². The number of nitrogens with zero attached hydrogens (tertiary/aromatic N) is 1. The summed E-state index contributed by atoms with van der Waals surface area (Å²) in [6.07, 6.45) is 1.45. The van der Waals surface area contributed by atoms with Gasteiger partial charge in [-0.2, -0.15) is 0 Å². The van der Waals surface area contributed by atoms with E-state index in [1.807, 2.05) is 26.0 Å². The van der Waals surface area contributed by atoms with Crippen molar-refractivity contribution in [2.75, 3.05) is 21.9 Å². The summed E-state index contributed by atoms with van der Waals surface area (Å²) in [5, 5.41) is 1.60. The molecule has 122 valence electrons. The average molecular weight is 332 g/mol. The average Bonchev–Trinajstić information content (AvgIpc) is 2.81. The molecule has 0 saturated carbocycles. The zero-order valence-electron chi connectivity index (χ0n) is 13.3. The number of hydrogen-bond donors (Lipinski definition) is 1. The smallest absolute Gasteiger partial charge is 0.258 e. The molecule has 0 radical (unpaired) electrons. The first-order chi connectivity index (χ1) is 11.0. The van der Waals surface area contributed by atoms with Crippen LogP contribution in [0.1, 0.15) is 37.0 Å². The molecule has 5 nitrogen and oxygen atoms in total. The summed E-state index contributed by atoms with van der Waals surface area (Å²) in [5.74, 6) is 0.0750. The molecule has 6 heteroatoms. The molecule has 2 aromatic carbocycles. The van der Waals surface area contributed by atoms with Crippen LogP contribution >= 0.6 is 0 Å². The Bertz CT molecular complexity index is 875. The monoisotopic (exact) mass is 332 g/mol. The number of amides is 1. The number of benzene rings is 2. The van der Waals surface area contributed by atoms with Gasteiger partial charge >= 0.3 is 0 Å². The summed E-state index contributed by atoms with van der Waals surface area (Å²) >= 11 is 0. The maximum atomic E-state index is 12.4. The van der Waals surface area contributed by atoms with Gasteiger partial charge in [-0.05, 0) is 31.5 Å². The molecule has 1 heterocycles. The molecule has 0 bridgehead atoms. The van der Waals surface area contributed by atoms with Crippen molar-refractivity contribution >= 4 is 38.1 Å². The zero-order chi connectivity index (χ0) is 16.6. The summed E-state index contributed by atoms with van der Waals surface area (Å²) in [6, 6.07) is 9.00. The lowest BCUT2D eigenvalue weighted by molar-refractivity contribution is 0.0994. The van der Waals surface area contributed by atoms with E-state index >= 15 is 0 Å². The third-order valence-corrected chi connectivity index (χ3v) is 5.49. The fraction of sp³-hybridized carbons (Fsp3) is 0.353. The summed E-state index contributed by atoms with van der Waals surface area (Å²) in [7, 11) is -3.37. The topological polar surface area (TPSA) is 66.5 Å². The van der Waals surface area contributed by atoms with Crippen LogP contribution in [0.25, 0.3) is 10.8 Å². The van der Waals surface area contributed by atoms with Crippen molar-refractivity contribution in [3.63, 3.8) is 0 Å². The summed E-state index contributed by atoms with van der Waals surface area (Å²) in [5.41, 5.74) is 2.01. The molecule has 0 aromatic heterocycles. The molecular weight excluding hydrogens is 312 g/mol. The molecule has 0 saturated heterocycles. The molecule has 2 aromatic rings. The standard InChI is InChI=1S/C17H20N2O3S/c1-3-5-11-23(21,22)18-14-9-10-15-16-12(14)7-6-8-13(16)17(20)19(15)4-2/h6-10,18H,3-5,11H2,1-2H3. The van der Waals surface area contributed by atoms with Gasteiger partial charge in [-0.15, -0.1) is 0 Å². The van der Waals surface area contributed by atoms with Crippen molar-refractivity contribution in [1.29, 1.82) is 0 Å². The van der Waals surface area contributed by atoms with Crippen LogP contribution in [0.5, 0.6) is 0 Å². The van der Waals surface area contributed by atoms with Gasteiger partial charge in [0.2, 0.25) is 10.0 Å². The number of unbranched alkanes of at least 4 members (excludes halogenated alkanes) is 1. The Hall–Kier alpha value is -2.08. The van der Waals surface area contributed by atoms with E-state index in [0.717, 1.165) is 22.9 Å². The molecule has 0 aliphatic carbocycles. The van der Waals surface area contributed by atoms with E-state index in [-0.39, 0.29) is 11.7 Å². The van der Waals surface area contributed by atoms with E-state index in [4.69, 9.17) is 0 Å². The SMILES string of the molecule is CCCCS(=O)(=O)Nc1ccc2c3c(cccc13)C(=O)N2CC. The predicted molar refractivity (Wildman–Crippen MR) is 93.6 cm³/mol. The van der Waals surface area contributed by atoms with Gasteiger partial charge in [0.1, 0.15) is 0 Å². The molecule has 3 rings (SSSR count). The molecule has 0 atom stereocenters. The first-order valence-electron chi connectivity index (χ1n) is 7.86. The van der Waals surface area contributed by atoms with Crippen LogP contribution in [0.15, 0.2) is 30.3 Å². The van der Waals surface area contributed by atoms with Gasteiger partial charge in [-0.3, -0.25) is 9.52 Å². The van der Waals surface area contributed by atoms with Gasteiger partial charge < -0.3 is 4.90 Å². The lowest BCUT2D eigenvalue weighted by Gasteiger charge is -2.16. The molecule has 0 unspecified atom stereocenters. The Balaban J connectivity index is 2.09. The number of rotatable bonds is 6. The van der Waals surface area contributed by atoms with Gasteiger partial charge in [-0.25, -0.2) is 8.42 Å². The van der Waals surface area contributed by atoms with Crippen LogP contribution < -0.4 is 9.62 Å². The van der Waals surface area contributed by atoms with E-state index < -0.39 is 10.0 Å². The van der Waals surface area contributed by atoms with Crippen LogP contribution in [-0.2, 0) is 10.0 Å². The second-order valence-corrected chi connectivity index (χ2v) is 7.53. The molecule has 0 spiro atoms. The molecule has 1 N–H and O–H groups in total. The molecule has 0 fully saturated rings. The van der Waals surface area contributed by atoms with Gasteiger partial charge in [0.15, 0.2) is 0 Å². The number of anilines is 2. The minimum atomic E-state index is -3.37. The molecule has 23 heavy (non-hydrogen) atoms. The Labute approximate surface area is 136 Å². The third-order valence-electron chi connectivity index (χ3n) is 4.13. The Morgan fingerprint density at radius 3 is 2.61 bits per heavy atom. The normalized spacial score (nSPS) is 13.8. The lowest BCUT2D eigenvalue weighted by atomic mass is 10.0. The third kappa shape index (κ3) is 2.67. The highest BCUT2D eigenvalue weighted by molar-refractivity contribution is 7.92. The van der Waals surface area contributed by atoms with Crippen LogP contribution in [-0.4, -0.2) is 26.6 Å². The Morgan fingerprint density at radius 2 is 1.91 bits per heavy atom. The first kappa shape index (κ1) is 15.8. The van der Waals surface area contributed by atoms with Crippen molar-refractivity contribution in [2.24, 2.45) is 0 Å². The maximum Gasteiger partial charge on any atom is 0.258 e. The number of carbonyl (C=O) groups is 1. The quantitative estimate of drug-likeness (QED) is 0.882. The van der Waals surface area contributed by atoms with Gasteiger partial charge in [-0.1, -0.05) is 25.5 Å². The summed E-state index contributed by atoms with van der Waals surface area (Å²) in [4.78, 5) is 14.1. The van der Waals surface area contributed by atoms with Crippen LogP contribution in [0.4, 0.5) is 11.4 Å². The Morgan fingerprint density at radius 1 is 1.13 bits per heavy atom. The first-order valence-corrected chi connectivity index (χ1v) is 9.51. The van der Waals surface area contributed by atoms with E-state index in [0.29, 0.717) is 24.2 Å². The molecular formula is C17H20N2O3S. The minimum absolute atomic E-state index is 0.0286. The van der Waals surface area contributed by atoms with E-state index in [1.54, 1.807) is 23.1 Å². The molecule has 1 amide bonds.